The van der Waals surface area contributed by atoms with Crippen LogP contribution in [0.4, 0.5) is 0 Å². The second-order valence-electron chi connectivity index (χ2n) is 5.81. The van der Waals surface area contributed by atoms with Crippen LogP contribution in [-0.4, -0.2) is 31.1 Å². The minimum absolute atomic E-state index is 0.827. The zero-order chi connectivity index (χ0) is 13.8. The highest BCUT2D eigenvalue weighted by atomic mass is 32.1. The second-order valence-corrected chi connectivity index (χ2v) is 6.72. The lowest BCUT2D eigenvalue weighted by Gasteiger charge is -2.32. The van der Waals surface area contributed by atoms with Gasteiger partial charge in [-0.05, 0) is 60.8 Å². The number of fused-ring (bicyclic) bond motifs is 1. The third-order valence-corrected chi connectivity index (χ3v) is 5.25. The average Bonchev–Trinajstić information content (AvgIpc) is 2.89. The van der Waals surface area contributed by atoms with Crippen LogP contribution in [0, 0.1) is 5.92 Å². The molecule has 2 aromatic rings. The van der Waals surface area contributed by atoms with Crippen molar-refractivity contribution in [3.05, 3.63) is 35.2 Å². The van der Waals surface area contributed by atoms with Crippen LogP contribution in [0.3, 0.4) is 0 Å². The Morgan fingerprint density at radius 2 is 2.25 bits per heavy atom. The number of nitrogens with one attached hydrogen (secondary N) is 1. The van der Waals surface area contributed by atoms with E-state index in [4.69, 9.17) is 0 Å². The van der Waals surface area contributed by atoms with E-state index in [9.17, 15) is 0 Å². The third kappa shape index (κ3) is 3.22. The number of rotatable bonds is 5. The minimum atomic E-state index is 0.827. The van der Waals surface area contributed by atoms with Gasteiger partial charge in [0.2, 0.25) is 0 Å². The van der Waals surface area contributed by atoms with Gasteiger partial charge in [0.25, 0.3) is 0 Å². The molecule has 0 bridgehead atoms. The maximum Gasteiger partial charge on any atom is 0.0346 e. The quantitative estimate of drug-likeness (QED) is 0.902. The van der Waals surface area contributed by atoms with E-state index in [1.165, 1.54) is 48.1 Å². The summed E-state index contributed by atoms with van der Waals surface area (Å²) in [5, 5.41) is 7.30. The SMILES string of the molecule is CCNCC1CCCN(Cc2csc3ccccc23)C1. The zero-order valence-corrected chi connectivity index (χ0v) is 13.1. The third-order valence-electron chi connectivity index (χ3n) is 4.24. The molecule has 0 spiro atoms. The van der Waals surface area contributed by atoms with E-state index in [-0.39, 0.29) is 0 Å². The molecular weight excluding hydrogens is 264 g/mol. The van der Waals surface area contributed by atoms with E-state index in [0.29, 0.717) is 0 Å². The summed E-state index contributed by atoms with van der Waals surface area (Å²) in [5.74, 6) is 0.827. The molecule has 3 heteroatoms. The van der Waals surface area contributed by atoms with E-state index in [1.807, 2.05) is 11.3 Å². The number of hydrogen-bond donors (Lipinski definition) is 1. The lowest BCUT2D eigenvalue weighted by molar-refractivity contribution is 0.166. The molecule has 1 aromatic heterocycles. The Hall–Kier alpha value is -0.900. The fourth-order valence-corrected chi connectivity index (χ4v) is 4.16. The zero-order valence-electron chi connectivity index (χ0n) is 12.3. The molecule has 0 aliphatic carbocycles. The van der Waals surface area contributed by atoms with Gasteiger partial charge in [-0.3, -0.25) is 4.90 Å². The van der Waals surface area contributed by atoms with Gasteiger partial charge in [-0.1, -0.05) is 25.1 Å². The maximum atomic E-state index is 3.50. The van der Waals surface area contributed by atoms with Crippen molar-refractivity contribution in [2.75, 3.05) is 26.2 Å². The van der Waals surface area contributed by atoms with Crippen molar-refractivity contribution in [3.63, 3.8) is 0 Å². The van der Waals surface area contributed by atoms with Gasteiger partial charge in [0, 0.05) is 17.8 Å². The molecule has 20 heavy (non-hydrogen) atoms. The van der Waals surface area contributed by atoms with Crippen molar-refractivity contribution in [2.45, 2.75) is 26.3 Å². The van der Waals surface area contributed by atoms with Gasteiger partial charge in [0.05, 0.1) is 0 Å². The summed E-state index contributed by atoms with van der Waals surface area (Å²) in [7, 11) is 0. The summed E-state index contributed by atoms with van der Waals surface area (Å²) < 4.78 is 1.42. The number of nitrogens with zero attached hydrogens (tertiary/aromatic N) is 1. The van der Waals surface area contributed by atoms with Crippen LogP contribution in [0.1, 0.15) is 25.3 Å². The maximum absolute atomic E-state index is 3.50. The van der Waals surface area contributed by atoms with E-state index in [1.54, 1.807) is 0 Å². The molecular formula is C17H24N2S. The van der Waals surface area contributed by atoms with Crippen molar-refractivity contribution in [1.29, 1.82) is 0 Å². The standard InChI is InChI=1S/C17H24N2S/c1-2-18-10-14-6-5-9-19(11-14)12-15-13-20-17-8-4-3-7-16(15)17/h3-4,7-8,13-14,18H,2,5-6,9-12H2,1H3. The Morgan fingerprint density at radius 3 is 3.15 bits per heavy atom. The number of thiophene rings is 1. The molecule has 1 atom stereocenters. The predicted octanol–water partition coefficient (Wildman–Crippen LogP) is 3.72. The highest BCUT2D eigenvalue weighted by molar-refractivity contribution is 7.17. The summed E-state index contributed by atoms with van der Waals surface area (Å²) in [6.07, 6.45) is 2.73. The van der Waals surface area contributed by atoms with Gasteiger partial charge in [-0.15, -0.1) is 11.3 Å². The number of piperidine rings is 1. The first-order valence-corrected chi connectivity index (χ1v) is 8.63. The van der Waals surface area contributed by atoms with Crippen LogP contribution in [0.5, 0.6) is 0 Å². The van der Waals surface area contributed by atoms with Crippen LogP contribution in [-0.2, 0) is 6.54 Å². The van der Waals surface area contributed by atoms with Crippen LogP contribution in [0.2, 0.25) is 0 Å². The number of likely N-dealkylation sites (tertiary alicyclic amines) is 1. The molecule has 1 aliphatic rings. The molecule has 1 unspecified atom stereocenters. The van der Waals surface area contributed by atoms with E-state index < -0.39 is 0 Å². The van der Waals surface area contributed by atoms with Crippen LogP contribution in [0.25, 0.3) is 10.1 Å². The molecule has 1 saturated heterocycles. The summed E-state index contributed by atoms with van der Waals surface area (Å²) in [5.41, 5.74) is 1.51. The first-order valence-electron chi connectivity index (χ1n) is 7.75. The van der Waals surface area contributed by atoms with Crippen LogP contribution >= 0.6 is 11.3 Å². The van der Waals surface area contributed by atoms with E-state index in [0.717, 1.165) is 19.0 Å². The fraction of sp³-hybridized carbons (Fsp3) is 0.529. The Bertz CT molecular complexity index is 549. The summed E-state index contributed by atoms with van der Waals surface area (Å²) in [4.78, 5) is 2.64. The van der Waals surface area contributed by atoms with Gasteiger partial charge >= 0.3 is 0 Å². The van der Waals surface area contributed by atoms with Gasteiger partial charge in [0.15, 0.2) is 0 Å². The Labute approximate surface area is 125 Å². The highest BCUT2D eigenvalue weighted by Crippen LogP contribution is 2.28. The fourth-order valence-electron chi connectivity index (χ4n) is 3.21. The van der Waals surface area contributed by atoms with Crippen molar-refractivity contribution in [1.82, 2.24) is 10.2 Å². The molecule has 0 amide bonds. The van der Waals surface area contributed by atoms with Gasteiger partial charge < -0.3 is 5.32 Å². The summed E-state index contributed by atoms with van der Waals surface area (Å²) >= 11 is 1.88. The Kier molecular flexibility index (Phi) is 4.71. The smallest absolute Gasteiger partial charge is 0.0346 e. The molecule has 2 heterocycles. The second kappa shape index (κ2) is 6.70. The number of benzene rings is 1. The largest absolute Gasteiger partial charge is 0.317 e. The van der Waals surface area contributed by atoms with Crippen molar-refractivity contribution in [3.8, 4) is 0 Å². The lowest BCUT2D eigenvalue weighted by Crippen LogP contribution is -2.39. The van der Waals surface area contributed by atoms with Crippen LogP contribution in [0.15, 0.2) is 29.6 Å². The molecule has 108 valence electrons. The van der Waals surface area contributed by atoms with Crippen molar-refractivity contribution in [2.24, 2.45) is 5.92 Å². The first kappa shape index (κ1) is 14.1. The summed E-state index contributed by atoms with van der Waals surface area (Å²) in [6, 6.07) is 8.79. The Morgan fingerprint density at radius 1 is 1.35 bits per heavy atom. The van der Waals surface area contributed by atoms with E-state index in [2.05, 4.69) is 46.8 Å². The monoisotopic (exact) mass is 288 g/mol. The highest BCUT2D eigenvalue weighted by Gasteiger charge is 2.20. The predicted molar refractivity (Wildman–Crippen MR) is 88.4 cm³/mol. The lowest BCUT2D eigenvalue weighted by atomic mass is 9.97. The average molecular weight is 288 g/mol. The molecule has 1 fully saturated rings. The molecule has 0 radical (unpaired) electrons. The van der Waals surface area contributed by atoms with E-state index >= 15 is 0 Å². The van der Waals surface area contributed by atoms with Gasteiger partial charge in [-0.2, -0.15) is 0 Å². The summed E-state index contributed by atoms with van der Waals surface area (Å²) in [6.45, 7) is 8.08. The topological polar surface area (TPSA) is 15.3 Å². The van der Waals surface area contributed by atoms with Gasteiger partial charge in [-0.25, -0.2) is 0 Å². The minimum Gasteiger partial charge on any atom is -0.317 e. The Balaban J connectivity index is 1.65. The molecule has 0 saturated carbocycles. The van der Waals surface area contributed by atoms with Crippen LogP contribution < -0.4 is 5.32 Å². The molecule has 3 rings (SSSR count). The van der Waals surface area contributed by atoms with Crippen molar-refractivity contribution < 1.29 is 0 Å². The first-order chi connectivity index (χ1) is 9.86. The normalized spacial score (nSPS) is 20.6. The molecule has 2 nitrogen and oxygen atoms in total. The van der Waals surface area contributed by atoms with Gasteiger partial charge in [0.1, 0.15) is 0 Å². The molecule has 1 aliphatic heterocycles. The molecule has 1 aromatic carbocycles. The van der Waals surface area contributed by atoms with Crippen molar-refractivity contribution >= 4 is 21.4 Å². The molecule has 1 N–H and O–H groups in total. The number of hydrogen-bond acceptors (Lipinski definition) is 3.